The Morgan fingerprint density at radius 3 is 2.54 bits per heavy atom. The van der Waals surface area contributed by atoms with Gasteiger partial charge >= 0.3 is 0 Å². The van der Waals surface area contributed by atoms with Gasteiger partial charge in [-0.05, 0) is 60.2 Å². The molecule has 0 bridgehead atoms. The zero-order chi connectivity index (χ0) is 20.5. The quantitative estimate of drug-likeness (QED) is 0.338. The fraction of sp³-hybridized carbons (Fsp3) is 0.150. The van der Waals surface area contributed by atoms with Crippen molar-refractivity contribution in [1.29, 1.82) is 5.41 Å². The number of rotatable bonds is 6. The SMILES string of the molecule is COc1ccc(-c2cccc(S(=O)(=O)c3cc(C(=N)N)sc3SC)c2)c(C)c1. The molecule has 0 aliphatic carbocycles. The van der Waals surface area contributed by atoms with Gasteiger partial charge in [-0.1, -0.05) is 18.2 Å². The number of nitrogen functional groups attached to an aromatic ring is 1. The molecule has 8 heteroatoms. The largest absolute Gasteiger partial charge is 0.497 e. The predicted octanol–water partition coefficient (Wildman–Crippen LogP) is 4.57. The summed E-state index contributed by atoms with van der Waals surface area (Å²) in [6, 6.07) is 14.1. The van der Waals surface area contributed by atoms with Crippen LogP contribution in [-0.2, 0) is 9.84 Å². The first-order valence-electron chi connectivity index (χ1n) is 8.30. The number of hydrogen-bond donors (Lipinski definition) is 2. The second-order valence-electron chi connectivity index (χ2n) is 6.09. The molecule has 0 saturated carbocycles. The van der Waals surface area contributed by atoms with Crippen molar-refractivity contribution in [3.8, 4) is 16.9 Å². The Bertz CT molecular complexity index is 1150. The number of nitrogens with one attached hydrogen (secondary N) is 1. The van der Waals surface area contributed by atoms with Crippen molar-refractivity contribution in [2.24, 2.45) is 5.73 Å². The van der Waals surface area contributed by atoms with Gasteiger partial charge in [0, 0.05) is 0 Å². The molecule has 1 aromatic heterocycles. The summed E-state index contributed by atoms with van der Waals surface area (Å²) in [7, 11) is -2.13. The third-order valence-electron chi connectivity index (χ3n) is 4.30. The summed E-state index contributed by atoms with van der Waals surface area (Å²) in [6.45, 7) is 1.96. The van der Waals surface area contributed by atoms with Gasteiger partial charge in [0.2, 0.25) is 9.84 Å². The lowest BCUT2D eigenvalue weighted by atomic mass is 10.0. The first-order valence-corrected chi connectivity index (χ1v) is 11.8. The maximum absolute atomic E-state index is 13.3. The molecule has 5 nitrogen and oxygen atoms in total. The molecule has 146 valence electrons. The maximum Gasteiger partial charge on any atom is 0.208 e. The summed E-state index contributed by atoms with van der Waals surface area (Å²) in [6.07, 6.45) is 1.81. The zero-order valence-electron chi connectivity index (χ0n) is 15.6. The third-order valence-corrected chi connectivity index (χ3v) is 8.63. The van der Waals surface area contributed by atoms with E-state index < -0.39 is 9.84 Å². The van der Waals surface area contributed by atoms with Crippen LogP contribution in [0.2, 0.25) is 0 Å². The fourth-order valence-corrected chi connectivity index (χ4v) is 6.77. The van der Waals surface area contributed by atoms with E-state index in [0.717, 1.165) is 22.4 Å². The molecule has 3 aromatic rings. The molecular formula is C20H20N2O3S3. The number of sulfone groups is 1. The average Bonchev–Trinajstić information content (AvgIpc) is 3.13. The molecule has 0 spiro atoms. The lowest BCUT2D eigenvalue weighted by Crippen LogP contribution is -2.08. The number of benzene rings is 2. The molecule has 0 unspecified atom stereocenters. The third kappa shape index (κ3) is 3.80. The van der Waals surface area contributed by atoms with Gasteiger partial charge in [0.25, 0.3) is 0 Å². The highest BCUT2D eigenvalue weighted by atomic mass is 32.2. The van der Waals surface area contributed by atoms with Gasteiger partial charge in [0.05, 0.1) is 26.0 Å². The number of methoxy groups -OCH3 is 1. The smallest absolute Gasteiger partial charge is 0.208 e. The topological polar surface area (TPSA) is 93.2 Å². The van der Waals surface area contributed by atoms with Crippen LogP contribution >= 0.6 is 23.1 Å². The first-order chi connectivity index (χ1) is 13.3. The summed E-state index contributed by atoms with van der Waals surface area (Å²) in [5.74, 6) is 0.619. The molecule has 0 aliphatic heterocycles. The van der Waals surface area contributed by atoms with Gasteiger partial charge in [-0.2, -0.15) is 0 Å². The van der Waals surface area contributed by atoms with Crippen LogP contribution in [0, 0.1) is 12.3 Å². The maximum atomic E-state index is 13.3. The molecule has 3 rings (SSSR count). The minimum Gasteiger partial charge on any atom is -0.497 e. The Hall–Kier alpha value is -2.29. The molecule has 0 atom stereocenters. The van der Waals surface area contributed by atoms with E-state index in [1.165, 1.54) is 29.2 Å². The van der Waals surface area contributed by atoms with Crippen molar-refractivity contribution < 1.29 is 13.2 Å². The van der Waals surface area contributed by atoms with Crippen LogP contribution in [0.5, 0.6) is 5.75 Å². The van der Waals surface area contributed by atoms with Crippen LogP contribution in [0.3, 0.4) is 0 Å². The number of ether oxygens (including phenoxy) is 1. The zero-order valence-corrected chi connectivity index (χ0v) is 18.1. The highest BCUT2D eigenvalue weighted by Crippen LogP contribution is 2.38. The first kappa shape index (κ1) is 20.4. The minimum absolute atomic E-state index is 0.135. The molecular weight excluding hydrogens is 412 g/mol. The van der Waals surface area contributed by atoms with Crippen LogP contribution in [0.25, 0.3) is 11.1 Å². The molecule has 0 amide bonds. The van der Waals surface area contributed by atoms with Crippen molar-refractivity contribution in [3.63, 3.8) is 0 Å². The number of aryl methyl sites for hydroxylation is 1. The minimum atomic E-state index is -3.74. The van der Waals surface area contributed by atoms with Crippen molar-refractivity contribution in [2.75, 3.05) is 13.4 Å². The summed E-state index contributed by atoms with van der Waals surface area (Å²) < 4.78 is 32.4. The van der Waals surface area contributed by atoms with E-state index in [0.29, 0.717) is 9.09 Å². The van der Waals surface area contributed by atoms with E-state index in [9.17, 15) is 8.42 Å². The number of hydrogen-bond acceptors (Lipinski definition) is 6. The highest BCUT2D eigenvalue weighted by molar-refractivity contribution is 8.01. The van der Waals surface area contributed by atoms with Gasteiger partial charge in [0.1, 0.15) is 11.6 Å². The van der Waals surface area contributed by atoms with Crippen molar-refractivity contribution in [2.45, 2.75) is 20.9 Å². The van der Waals surface area contributed by atoms with Crippen LogP contribution in [0.4, 0.5) is 0 Å². The van der Waals surface area contributed by atoms with Gasteiger partial charge < -0.3 is 10.5 Å². The summed E-state index contributed by atoms with van der Waals surface area (Å²) in [5.41, 5.74) is 8.30. The van der Waals surface area contributed by atoms with Gasteiger partial charge in [-0.15, -0.1) is 23.1 Å². The van der Waals surface area contributed by atoms with Crippen LogP contribution in [0.15, 0.2) is 62.5 Å². The number of thiophene rings is 1. The standard InChI is InChI=1S/C20H20N2O3S3/c1-12-9-14(25-2)7-8-16(12)13-5-4-6-15(10-13)28(23,24)18-11-17(19(21)22)27-20(18)26-3/h4-11H,1-3H3,(H3,21,22). The average molecular weight is 433 g/mol. The van der Waals surface area contributed by atoms with Crippen LogP contribution in [-0.4, -0.2) is 27.6 Å². The van der Waals surface area contributed by atoms with Crippen LogP contribution < -0.4 is 10.5 Å². The van der Waals surface area contributed by atoms with E-state index >= 15 is 0 Å². The second-order valence-corrected chi connectivity index (χ2v) is 10.1. The van der Waals surface area contributed by atoms with E-state index in [1.807, 2.05) is 37.4 Å². The molecule has 2 aromatic carbocycles. The lowest BCUT2D eigenvalue weighted by molar-refractivity contribution is 0.414. The summed E-state index contributed by atoms with van der Waals surface area (Å²) in [5, 5.41) is 7.61. The monoisotopic (exact) mass is 432 g/mol. The number of amidine groups is 1. The van der Waals surface area contributed by atoms with Gasteiger partial charge in [-0.25, -0.2) is 8.42 Å². The van der Waals surface area contributed by atoms with Crippen LogP contribution in [0.1, 0.15) is 10.4 Å². The Morgan fingerprint density at radius 2 is 1.93 bits per heavy atom. The van der Waals surface area contributed by atoms with E-state index in [2.05, 4.69) is 0 Å². The Kier molecular flexibility index (Phi) is 5.83. The Balaban J connectivity index is 2.10. The van der Waals surface area contributed by atoms with E-state index in [4.69, 9.17) is 15.9 Å². The summed E-state index contributed by atoms with van der Waals surface area (Å²) >= 11 is 2.55. The van der Waals surface area contributed by atoms with E-state index in [-0.39, 0.29) is 15.6 Å². The fourth-order valence-electron chi connectivity index (χ4n) is 2.86. The van der Waals surface area contributed by atoms with Crippen molar-refractivity contribution in [3.05, 3.63) is 59.0 Å². The molecule has 28 heavy (non-hydrogen) atoms. The van der Waals surface area contributed by atoms with Gasteiger partial charge in [0.15, 0.2) is 0 Å². The second kappa shape index (κ2) is 7.98. The summed E-state index contributed by atoms with van der Waals surface area (Å²) in [4.78, 5) is 0.854. The lowest BCUT2D eigenvalue weighted by Gasteiger charge is -2.11. The van der Waals surface area contributed by atoms with E-state index in [1.54, 1.807) is 25.3 Å². The molecule has 1 heterocycles. The normalized spacial score (nSPS) is 11.4. The van der Waals surface area contributed by atoms with Crippen molar-refractivity contribution in [1.82, 2.24) is 0 Å². The Morgan fingerprint density at radius 1 is 1.18 bits per heavy atom. The molecule has 0 fully saturated rings. The highest BCUT2D eigenvalue weighted by Gasteiger charge is 2.25. The number of thioether (sulfide) groups is 1. The molecule has 3 N–H and O–H groups in total. The molecule has 0 radical (unpaired) electrons. The number of nitrogens with two attached hydrogens (primary N) is 1. The predicted molar refractivity (Wildman–Crippen MR) is 116 cm³/mol. The Labute approximate surface area is 173 Å². The molecule has 0 saturated heterocycles. The molecule has 0 aliphatic rings. The van der Waals surface area contributed by atoms with Gasteiger partial charge in [-0.3, -0.25) is 5.41 Å². The van der Waals surface area contributed by atoms with Crippen molar-refractivity contribution >= 4 is 38.8 Å².